The van der Waals surface area contributed by atoms with Crippen LogP contribution < -0.4 is 14.8 Å². The first kappa shape index (κ1) is 17.9. The molecule has 1 unspecified atom stereocenters. The van der Waals surface area contributed by atoms with E-state index in [1.54, 1.807) is 26.4 Å². The zero-order valence-electron chi connectivity index (χ0n) is 15.7. The molecule has 1 aromatic heterocycles. The van der Waals surface area contributed by atoms with Gasteiger partial charge in [0.2, 0.25) is 0 Å². The van der Waals surface area contributed by atoms with Crippen LogP contribution in [-0.2, 0) is 0 Å². The fourth-order valence-electron chi connectivity index (χ4n) is 3.17. The van der Waals surface area contributed by atoms with E-state index >= 15 is 0 Å². The van der Waals surface area contributed by atoms with E-state index < -0.39 is 0 Å². The Morgan fingerprint density at radius 2 is 1.65 bits per heavy atom. The fraction of sp³-hybridized carbons (Fsp3) is 0.286. The molecule has 0 saturated heterocycles. The molecule has 2 aromatic carbocycles. The van der Waals surface area contributed by atoms with Crippen molar-refractivity contribution < 1.29 is 18.7 Å². The maximum absolute atomic E-state index is 12.7. The van der Waals surface area contributed by atoms with E-state index in [2.05, 4.69) is 5.32 Å². The Balaban J connectivity index is 1.88. The number of hydrogen-bond acceptors (Lipinski definition) is 4. The van der Waals surface area contributed by atoms with Crippen LogP contribution in [0.25, 0.3) is 11.0 Å². The van der Waals surface area contributed by atoms with E-state index in [9.17, 15) is 4.79 Å². The summed E-state index contributed by atoms with van der Waals surface area (Å²) >= 11 is 0. The fourth-order valence-corrected chi connectivity index (χ4v) is 3.17. The number of hydrogen-bond donors (Lipinski definition) is 1. The summed E-state index contributed by atoms with van der Waals surface area (Å²) in [5.41, 5.74) is 3.19. The lowest BCUT2D eigenvalue weighted by atomic mass is 10.1. The van der Waals surface area contributed by atoms with Crippen LogP contribution in [0.4, 0.5) is 0 Å². The van der Waals surface area contributed by atoms with Gasteiger partial charge >= 0.3 is 0 Å². The second-order valence-electron chi connectivity index (χ2n) is 6.29. The minimum absolute atomic E-state index is 0.214. The van der Waals surface area contributed by atoms with Crippen molar-refractivity contribution in [1.82, 2.24) is 5.32 Å². The molecule has 1 amide bonds. The molecule has 5 nitrogen and oxygen atoms in total. The molecule has 0 aliphatic rings. The van der Waals surface area contributed by atoms with Crippen molar-refractivity contribution in [3.8, 4) is 11.5 Å². The summed E-state index contributed by atoms with van der Waals surface area (Å²) in [4.78, 5) is 12.7. The molecule has 0 aliphatic carbocycles. The number of aryl methyl sites for hydroxylation is 1. The van der Waals surface area contributed by atoms with Crippen molar-refractivity contribution in [2.24, 2.45) is 0 Å². The first-order valence-electron chi connectivity index (χ1n) is 8.47. The molecule has 5 heteroatoms. The number of amides is 1. The molecule has 0 spiro atoms. The van der Waals surface area contributed by atoms with Crippen LogP contribution in [0.2, 0.25) is 0 Å². The molecule has 3 aromatic rings. The van der Waals surface area contributed by atoms with Crippen molar-refractivity contribution in [3.63, 3.8) is 0 Å². The molecular formula is C21H23NO4. The number of carbonyl (C=O) groups excluding carboxylic acids is 1. The van der Waals surface area contributed by atoms with Crippen molar-refractivity contribution in [1.29, 1.82) is 0 Å². The number of methoxy groups -OCH3 is 2. The smallest absolute Gasteiger partial charge is 0.252 e. The summed E-state index contributed by atoms with van der Waals surface area (Å²) in [5.74, 6) is 1.77. The predicted octanol–water partition coefficient (Wildman–Crippen LogP) is 4.56. The largest absolute Gasteiger partial charge is 0.496 e. The van der Waals surface area contributed by atoms with Crippen LogP contribution in [0.1, 0.15) is 40.2 Å². The van der Waals surface area contributed by atoms with Gasteiger partial charge in [0.05, 0.1) is 20.3 Å². The van der Waals surface area contributed by atoms with E-state index in [0.29, 0.717) is 17.1 Å². The van der Waals surface area contributed by atoms with Gasteiger partial charge in [-0.2, -0.15) is 0 Å². The highest BCUT2D eigenvalue weighted by Crippen LogP contribution is 2.31. The van der Waals surface area contributed by atoms with Crippen molar-refractivity contribution in [2.75, 3.05) is 14.2 Å². The lowest BCUT2D eigenvalue weighted by Crippen LogP contribution is -2.26. The maximum Gasteiger partial charge on any atom is 0.252 e. The van der Waals surface area contributed by atoms with Crippen LogP contribution in [0, 0.1) is 13.8 Å². The van der Waals surface area contributed by atoms with Crippen molar-refractivity contribution in [3.05, 3.63) is 58.8 Å². The van der Waals surface area contributed by atoms with Gasteiger partial charge in [0, 0.05) is 22.1 Å². The molecule has 26 heavy (non-hydrogen) atoms. The summed E-state index contributed by atoms with van der Waals surface area (Å²) in [6.45, 7) is 5.80. The second-order valence-corrected chi connectivity index (χ2v) is 6.29. The molecule has 136 valence electrons. The predicted molar refractivity (Wildman–Crippen MR) is 101 cm³/mol. The Morgan fingerprint density at radius 1 is 1.04 bits per heavy atom. The SMILES string of the molecule is COc1cc(C(=O)NC(C)c2oc3ccccc3c2C)cc(OC)c1C. The van der Waals surface area contributed by atoms with Crippen LogP contribution in [-0.4, -0.2) is 20.1 Å². The second kappa shape index (κ2) is 7.12. The Labute approximate surface area is 152 Å². The molecule has 0 aliphatic heterocycles. The number of para-hydroxylation sites is 1. The molecule has 0 radical (unpaired) electrons. The Hall–Kier alpha value is -2.95. The molecule has 0 saturated carbocycles. The van der Waals surface area contributed by atoms with Gasteiger partial charge < -0.3 is 19.2 Å². The number of fused-ring (bicyclic) bond motifs is 1. The van der Waals surface area contributed by atoms with Gasteiger partial charge in [-0.25, -0.2) is 0 Å². The standard InChI is InChI=1S/C21H23NO4/c1-12-16-8-6-7-9-17(16)26-20(12)14(3)22-21(23)15-10-18(24-4)13(2)19(11-15)25-5/h6-11,14H,1-5H3,(H,22,23). The van der Waals surface area contributed by atoms with E-state index in [1.807, 2.05) is 45.0 Å². The molecular weight excluding hydrogens is 330 g/mol. The first-order chi connectivity index (χ1) is 12.5. The van der Waals surface area contributed by atoms with E-state index in [-0.39, 0.29) is 11.9 Å². The molecule has 0 bridgehead atoms. The van der Waals surface area contributed by atoms with Crippen molar-refractivity contribution in [2.45, 2.75) is 26.8 Å². The van der Waals surface area contributed by atoms with E-state index in [4.69, 9.17) is 13.9 Å². The van der Waals surface area contributed by atoms with Gasteiger partial charge in [-0.15, -0.1) is 0 Å². The first-order valence-corrected chi connectivity index (χ1v) is 8.47. The average molecular weight is 353 g/mol. The normalized spacial score (nSPS) is 12.0. The third-order valence-electron chi connectivity index (χ3n) is 4.64. The van der Waals surface area contributed by atoms with Crippen LogP contribution in [0.15, 0.2) is 40.8 Å². The number of nitrogens with one attached hydrogen (secondary N) is 1. The summed E-state index contributed by atoms with van der Waals surface area (Å²) in [5, 5.41) is 4.05. The van der Waals surface area contributed by atoms with Gasteiger partial charge in [0.1, 0.15) is 22.8 Å². The highest BCUT2D eigenvalue weighted by atomic mass is 16.5. The average Bonchev–Trinajstić information content (AvgIpc) is 2.99. The number of carbonyl (C=O) groups is 1. The Kier molecular flexibility index (Phi) is 4.89. The highest BCUT2D eigenvalue weighted by Gasteiger charge is 2.20. The summed E-state index contributed by atoms with van der Waals surface area (Å²) in [7, 11) is 3.15. The zero-order valence-corrected chi connectivity index (χ0v) is 15.7. The number of furan rings is 1. The third kappa shape index (κ3) is 3.12. The number of benzene rings is 2. The summed E-state index contributed by atoms with van der Waals surface area (Å²) < 4.78 is 16.6. The Morgan fingerprint density at radius 3 is 2.23 bits per heavy atom. The summed E-state index contributed by atoms with van der Waals surface area (Å²) in [6.07, 6.45) is 0. The molecule has 1 heterocycles. The lowest BCUT2D eigenvalue weighted by Gasteiger charge is -2.15. The molecule has 1 N–H and O–H groups in total. The van der Waals surface area contributed by atoms with Crippen LogP contribution in [0.3, 0.4) is 0 Å². The Bertz CT molecular complexity index is 933. The van der Waals surface area contributed by atoms with Gasteiger partial charge in [-0.1, -0.05) is 18.2 Å². The minimum atomic E-state index is -0.270. The van der Waals surface area contributed by atoms with E-state index in [0.717, 1.165) is 27.9 Å². The van der Waals surface area contributed by atoms with E-state index in [1.165, 1.54) is 0 Å². The minimum Gasteiger partial charge on any atom is -0.496 e. The quantitative estimate of drug-likeness (QED) is 0.730. The summed E-state index contributed by atoms with van der Waals surface area (Å²) in [6, 6.07) is 11.0. The van der Waals surface area contributed by atoms with Gasteiger partial charge in [-0.05, 0) is 39.0 Å². The molecule has 1 atom stereocenters. The lowest BCUT2D eigenvalue weighted by molar-refractivity contribution is 0.0935. The third-order valence-corrected chi connectivity index (χ3v) is 4.64. The number of rotatable bonds is 5. The molecule has 0 fully saturated rings. The zero-order chi connectivity index (χ0) is 18.8. The highest BCUT2D eigenvalue weighted by molar-refractivity contribution is 5.95. The monoisotopic (exact) mass is 353 g/mol. The van der Waals surface area contributed by atoms with Crippen LogP contribution >= 0.6 is 0 Å². The van der Waals surface area contributed by atoms with Crippen LogP contribution in [0.5, 0.6) is 11.5 Å². The topological polar surface area (TPSA) is 60.7 Å². The van der Waals surface area contributed by atoms with Gasteiger partial charge in [0.15, 0.2) is 0 Å². The van der Waals surface area contributed by atoms with Crippen molar-refractivity contribution >= 4 is 16.9 Å². The van der Waals surface area contributed by atoms with Gasteiger partial charge in [-0.3, -0.25) is 4.79 Å². The van der Waals surface area contributed by atoms with Gasteiger partial charge in [0.25, 0.3) is 5.91 Å². The maximum atomic E-state index is 12.7. The number of ether oxygens (including phenoxy) is 2. The molecule has 3 rings (SSSR count).